The van der Waals surface area contributed by atoms with Crippen molar-refractivity contribution in [1.82, 2.24) is 19.7 Å². The summed E-state index contributed by atoms with van der Waals surface area (Å²) in [4.78, 5) is 16.4. The van der Waals surface area contributed by atoms with Crippen LogP contribution in [0.2, 0.25) is 0 Å². The molecule has 7 heteroatoms. The van der Waals surface area contributed by atoms with Crippen molar-refractivity contribution in [2.24, 2.45) is 0 Å². The van der Waals surface area contributed by atoms with Crippen LogP contribution in [-0.4, -0.2) is 19.7 Å². The highest BCUT2D eigenvalue weighted by atomic mass is 32.2. The average Bonchev–Trinajstić information content (AvgIpc) is 3.04. The molecule has 0 saturated heterocycles. The number of hydrogen-bond donors (Lipinski definition) is 1. The summed E-state index contributed by atoms with van der Waals surface area (Å²) in [6, 6.07) is 4.11. The van der Waals surface area contributed by atoms with E-state index in [0.29, 0.717) is 15.7 Å². The minimum atomic E-state index is -0.243. The maximum Gasteiger partial charge on any atom is 0.344 e. The molecule has 1 N–H and O–H groups in total. The van der Waals surface area contributed by atoms with Gasteiger partial charge in [0.25, 0.3) is 0 Å². The normalized spacial score (nSPS) is 13.4. The molecule has 0 saturated carbocycles. The minimum Gasteiger partial charge on any atom is -0.267 e. The molecule has 0 amide bonds. The number of pyridine rings is 1. The first kappa shape index (κ1) is 13.9. The highest BCUT2D eigenvalue weighted by Crippen LogP contribution is 2.31. The molecule has 3 rings (SSSR count). The van der Waals surface area contributed by atoms with E-state index in [9.17, 15) is 10.1 Å². The molecule has 0 fully saturated rings. The summed E-state index contributed by atoms with van der Waals surface area (Å²) < 4.78 is 1.57. The summed E-state index contributed by atoms with van der Waals surface area (Å²) in [5.41, 5.74) is 2.53. The Morgan fingerprint density at radius 3 is 3.00 bits per heavy atom. The van der Waals surface area contributed by atoms with E-state index in [0.717, 1.165) is 25.0 Å². The standard InChI is InChI=1S/C14H15N5OS/c1-8(2)19-13(20)17-18-14(19)21-12-10(7-15)6-9-4-3-5-11(9)16-12/h6,8H,3-5H2,1-2H3,(H,17,20). The van der Waals surface area contributed by atoms with Crippen LogP contribution < -0.4 is 5.69 Å². The Morgan fingerprint density at radius 1 is 1.48 bits per heavy atom. The van der Waals surface area contributed by atoms with Crippen molar-refractivity contribution >= 4 is 11.8 Å². The number of H-pyrrole nitrogens is 1. The number of rotatable bonds is 3. The fraction of sp³-hybridized carbons (Fsp3) is 0.429. The van der Waals surface area contributed by atoms with Crippen molar-refractivity contribution in [3.05, 3.63) is 33.4 Å². The number of aromatic amines is 1. The molecule has 0 radical (unpaired) electrons. The molecule has 2 aromatic rings. The summed E-state index contributed by atoms with van der Waals surface area (Å²) in [6.07, 6.45) is 3.02. The summed E-state index contributed by atoms with van der Waals surface area (Å²) >= 11 is 1.27. The van der Waals surface area contributed by atoms with Gasteiger partial charge in [0.15, 0.2) is 5.16 Å². The van der Waals surface area contributed by atoms with Crippen molar-refractivity contribution in [3.63, 3.8) is 0 Å². The molecular formula is C14H15N5OS. The molecule has 0 atom stereocenters. The predicted molar refractivity (Wildman–Crippen MR) is 78.3 cm³/mol. The average molecular weight is 301 g/mol. The monoisotopic (exact) mass is 301 g/mol. The van der Waals surface area contributed by atoms with E-state index in [1.807, 2.05) is 19.9 Å². The van der Waals surface area contributed by atoms with E-state index < -0.39 is 0 Å². The molecule has 108 valence electrons. The van der Waals surface area contributed by atoms with Gasteiger partial charge in [0, 0.05) is 11.7 Å². The smallest absolute Gasteiger partial charge is 0.267 e. The lowest BCUT2D eigenvalue weighted by Gasteiger charge is -2.09. The molecule has 0 spiro atoms. The lowest BCUT2D eigenvalue weighted by molar-refractivity contribution is 0.534. The number of aryl methyl sites for hydroxylation is 2. The van der Waals surface area contributed by atoms with Crippen molar-refractivity contribution in [1.29, 1.82) is 5.26 Å². The third-order valence-corrected chi connectivity index (χ3v) is 4.49. The summed E-state index contributed by atoms with van der Waals surface area (Å²) in [5, 5.41) is 17.0. The molecule has 2 heterocycles. The second kappa shape index (κ2) is 5.37. The number of nitriles is 1. The van der Waals surface area contributed by atoms with Crippen molar-refractivity contribution in [3.8, 4) is 6.07 Å². The van der Waals surface area contributed by atoms with Gasteiger partial charge in [-0.05, 0) is 56.5 Å². The molecule has 21 heavy (non-hydrogen) atoms. The molecule has 0 unspecified atom stereocenters. The van der Waals surface area contributed by atoms with Crippen LogP contribution in [0.25, 0.3) is 0 Å². The molecule has 1 aliphatic rings. The van der Waals surface area contributed by atoms with Crippen molar-refractivity contribution in [2.45, 2.75) is 49.3 Å². The van der Waals surface area contributed by atoms with Crippen LogP contribution in [0.1, 0.15) is 43.1 Å². The highest BCUT2D eigenvalue weighted by Gasteiger charge is 2.20. The van der Waals surface area contributed by atoms with Gasteiger partial charge in [-0.2, -0.15) is 5.26 Å². The van der Waals surface area contributed by atoms with E-state index >= 15 is 0 Å². The lowest BCUT2D eigenvalue weighted by atomic mass is 10.2. The van der Waals surface area contributed by atoms with Crippen molar-refractivity contribution < 1.29 is 0 Å². The quantitative estimate of drug-likeness (QED) is 0.937. The zero-order valence-electron chi connectivity index (χ0n) is 11.9. The Morgan fingerprint density at radius 2 is 2.29 bits per heavy atom. The van der Waals surface area contributed by atoms with Crippen LogP contribution in [0.4, 0.5) is 0 Å². The topological polar surface area (TPSA) is 87.4 Å². The summed E-state index contributed by atoms with van der Waals surface area (Å²) in [6.45, 7) is 3.84. The third-order valence-electron chi connectivity index (χ3n) is 3.51. The number of hydrogen-bond acceptors (Lipinski definition) is 5. The van der Waals surface area contributed by atoms with Gasteiger partial charge in [0.1, 0.15) is 11.1 Å². The fourth-order valence-electron chi connectivity index (χ4n) is 2.52. The van der Waals surface area contributed by atoms with Gasteiger partial charge in [-0.1, -0.05) is 0 Å². The number of nitrogens with one attached hydrogen (secondary N) is 1. The van der Waals surface area contributed by atoms with Crippen LogP contribution >= 0.6 is 11.8 Å². The van der Waals surface area contributed by atoms with Crippen LogP contribution in [0.15, 0.2) is 21.0 Å². The molecule has 0 aliphatic heterocycles. The Hall–Kier alpha value is -2.07. The first-order chi connectivity index (χ1) is 10.1. The summed E-state index contributed by atoms with van der Waals surface area (Å²) in [5.74, 6) is 0. The van der Waals surface area contributed by atoms with Crippen LogP contribution in [0.5, 0.6) is 0 Å². The zero-order chi connectivity index (χ0) is 15.0. The molecule has 6 nitrogen and oxygen atoms in total. The number of nitrogens with zero attached hydrogens (tertiary/aromatic N) is 4. The second-order valence-corrected chi connectivity index (χ2v) is 6.25. The fourth-order valence-corrected chi connectivity index (χ4v) is 3.54. The first-order valence-corrected chi connectivity index (χ1v) is 7.69. The molecule has 0 bridgehead atoms. The van der Waals surface area contributed by atoms with E-state index in [4.69, 9.17) is 0 Å². The van der Waals surface area contributed by atoms with E-state index in [1.165, 1.54) is 17.3 Å². The second-order valence-electron chi connectivity index (χ2n) is 5.29. The predicted octanol–water partition coefficient (Wildman–Crippen LogP) is 2.06. The van der Waals surface area contributed by atoms with Gasteiger partial charge in [-0.25, -0.2) is 14.9 Å². The maximum atomic E-state index is 11.8. The van der Waals surface area contributed by atoms with Gasteiger partial charge in [0.2, 0.25) is 0 Å². The lowest BCUT2D eigenvalue weighted by Crippen LogP contribution is -2.19. The summed E-state index contributed by atoms with van der Waals surface area (Å²) in [7, 11) is 0. The SMILES string of the molecule is CC(C)n1c(Sc2nc3c(cc2C#N)CCC3)n[nH]c1=O. The Kier molecular flexibility index (Phi) is 3.55. The minimum absolute atomic E-state index is 0.00119. The maximum absolute atomic E-state index is 11.8. The van der Waals surface area contributed by atoms with Gasteiger partial charge >= 0.3 is 5.69 Å². The van der Waals surface area contributed by atoms with E-state index in [-0.39, 0.29) is 11.7 Å². The molecule has 0 aromatic carbocycles. The Labute approximate surface area is 126 Å². The van der Waals surface area contributed by atoms with Crippen LogP contribution in [-0.2, 0) is 12.8 Å². The van der Waals surface area contributed by atoms with Crippen LogP contribution in [0, 0.1) is 11.3 Å². The molecule has 1 aliphatic carbocycles. The first-order valence-electron chi connectivity index (χ1n) is 6.87. The third kappa shape index (κ3) is 2.47. The van der Waals surface area contributed by atoms with E-state index in [1.54, 1.807) is 4.57 Å². The van der Waals surface area contributed by atoms with Gasteiger partial charge in [0.05, 0.1) is 5.56 Å². The van der Waals surface area contributed by atoms with Crippen LogP contribution in [0.3, 0.4) is 0 Å². The number of fused-ring (bicyclic) bond motifs is 1. The number of aromatic nitrogens is 4. The highest BCUT2D eigenvalue weighted by molar-refractivity contribution is 7.99. The van der Waals surface area contributed by atoms with Gasteiger partial charge < -0.3 is 0 Å². The van der Waals surface area contributed by atoms with Gasteiger partial charge in [-0.3, -0.25) is 4.57 Å². The Balaban J connectivity index is 2.03. The molecule has 2 aromatic heterocycles. The zero-order valence-corrected chi connectivity index (χ0v) is 12.7. The van der Waals surface area contributed by atoms with Crippen molar-refractivity contribution in [2.75, 3.05) is 0 Å². The van der Waals surface area contributed by atoms with E-state index in [2.05, 4.69) is 21.3 Å². The Bertz CT molecular complexity index is 784. The molecular weight excluding hydrogens is 286 g/mol. The van der Waals surface area contributed by atoms with Gasteiger partial charge in [-0.15, -0.1) is 5.10 Å². The largest absolute Gasteiger partial charge is 0.344 e.